The number of hydrogen-bond donors (Lipinski definition) is 1. The molecule has 8 nitrogen and oxygen atoms in total. The van der Waals surface area contributed by atoms with Crippen LogP contribution < -0.4 is 14.8 Å². The van der Waals surface area contributed by atoms with E-state index in [1.807, 2.05) is 4.90 Å². The average Bonchev–Trinajstić information content (AvgIpc) is 3.33. The first-order valence-electron chi connectivity index (χ1n) is 9.76. The Hall–Kier alpha value is -2.35. The second kappa shape index (κ2) is 7.72. The molecule has 1 aromatic rings. The summed E-state index contributed by atoms with van der Waals surface area (Å²) < 4.78 is 10.7. The fourth-order valence-electron chi connectivity index (χ4n) is 4.35. The zero-order valence-corrected chi connectivity index (χ0v) is 15.3. The molecule has 1 saturated heterocycles. The number of nitrogens with zero attached hydrogens (tertiary/aromatic N) is 2. The summed E-state index contributed by atoms with van der Waals surface area (Å²) in [6, 6.07) is 2.48. The molecule has 0 unspecified atom stereocenters. The summed E-state index contributed by atoms with van der Waals surface area (Å²) >= 11 is 0. The molecule has 1 atom stereocenters. The van der Waals surface area contributed by atoms with Crippen molar-refractivity contribution < 1.29 is 19.2 Å². The van der Waals surface area contributed by atoms with Gasteiger partial charge >= 0.3 is 0 Å². The number of ether oxygens (including phenoxy) is 2. The minimum Gasteiger partial charge on any atom is -0.454 e. The number of carbonyl (C=O) groups is 1. The summed E-state index contributed by atoms with van der Waals surface area (Å²) in [5.41, 5.74) is 0.300. The van der Waals surface area contributed by atoms with Crippen LogP contribution in [0.3, 0.4) is 0 Å². The Kier molecular flexibility index (Phi) is 5.15. The highest BCUT2D eigenvalue weighted by Crippen LogP contribution is 2.42. The van der Waals surface area contributed by atoms with Crippen LogP contribution in [0.4, 0.5) is 5.69 Å². The van der Waals surface area contributed by atoms with E-state index >= 15 is 0 Å². The van der Waals surface area contributed by atoms with Gasteiger partial charge in [0.25, 0.3) is 5.69 Å². The number of nitrogens with one attached hydrogen (secondary N) is 1. The average molecular weight is 375 g/mol. The maximum Gasteiger partial charge on any atom is 0.278 e. The van der Waals surface area contributed by atoms with Crippen molar-refractivity contribution in [2.75, 3.05) is 19.9 Å². The number of nitro groups is 1. The van der Waals surface area contributed by atoms with Crippen molar-refractivity contribution in [1.82, 2.24) is 10.2 Å². The second-order valence-corrected chi connectivity index (χ2v) is 7.51. The van der Waals surface area contributed by atoms with Crippen LogP contribution in [-0.4, -0.2) is 41.7 Å². The maximum atomic E-state index is 13.2. The van der Waals surface area contributed by atoms with E-state index in [2.05, 4.69) is 5.32 Å². The van der Waals surface area contributed by atoms with Crippen LogP contribution in [0.5, 0.6) is 11.5 Å². The molecule has 2 heterocycles. The molecule has 1 aliphatic carbocycles. The van der Waals surface area contributed by atoms with Gasteiger partial charge in [0, 0.05) is 6.04 Å². The molecule has 1 amide bonds. The highest BCUT2D eigenvalue weighted by molar-refractivity contribution is 5.85. The van der Waals surface area contributed by atoms with Crippen LogP contribution in [0.25, 0.3) is 0 Å². The van der Waals surface area contributed by atoms with Gasteiger partial charge in [0.1, 0.15) is 6.04 Å². The minimum atomic E-state index is -0.677. The monoisotopic (exact) mass is 375 g/mol. The van der Waals surface area contributed by atoms with Gasteiger partial charge < -0.3 is 14.8 Å². The first-order valence-corrected chi connectivity index (χ1v) is 9.76. The molecule has 0 spiro atoms. The van der Waals surface area contributed by atoms with Gasteiger partial charge in [-0.1, -0.05) is 19.3 Å². The number of rotatable bonds is 5. The minimum absolute atomic E-state index is 0.0403. The van der Waals surface area contributed by atoms with Crippen LogP contribution >= 0.6 is 0 Å². The van der Waals surface area contributed by atoms with Gasteiger partial charge in [0.05, 0.1) is 16.6 Å². The van der Waals surface area contributed by atoms with Crippen LogP contribution in [0.15, 0.2) is 12.1 Å². The largest absolute Gasteiger partial charge is 0.454 e. The van der Waals surface area contributed by atoms with E-state index in [9.17, 15) is 14.9 Å². The number of likely N-dealkylation sites (tertiary alicyclic amines) is 1. The zero-order valence-electron chi connectivity index (χ0n) is 15.3. The highest BCUT2D eigenvalue weighted by Gasteiger charge is 2.37. The molecule has 0 aromatic heterocycles. The molecule has 8 heteroatoms. The van der Waals surface area contributed by atoms with E-state index in [0.717, 1.165) is 51.6 Å². The lowest BCUT2D eigenvalue weighted by Gasteiger charge is -2.30. The third kappa shape index (κ3) is 3.71. The first kappa shape index (κ1) is 18.0. The number of hydrogen-bond acceptors (Lipinski definition) is 6. The molecule has 4 rings (SSSR count). The van der Waals surface area contributed by atoms with E-state index in [1.165, 1.54) is 12.5 Å². The third-order valence-electron chi connectivity index (χ3n) is 5.72. The van der Waals surface area contributed by atoms with E-state index < -0.39 is 11.0 Å². The Morgan fingerprint density at radius 3 is 2.44 bits per heavy atom. The van der Waals surface area contributed by atoms with Crippen molar-refractivity contribution in [3.8, 4) is 11.5 Å². The number of amides is 1. The van der Waals surface area contributed by atoms with Gasteiger partial charge in [-0.3, -0.25) is 19.8 Å². The lowest BCUT2D eigenvalue weighted by molar-refractivity contribution is -0.385. The van der Waals surface area contributed by atoms with Crippen LogP contribution in [0.1, 0.15) is 56.6 Å². The van der Waals surface area contributed by atoms with E-state index in [4.69, 9.17) is 9.47 Å². The molecular weight excluding hydrogens is 350 g/mol. The first-order chi connectivity index (χ1) is 13.1. The Labute approximate surface area is 158 Å². The molecule has 2 fully saturated rings. The lowest BCUT2D eigenvalue weighted by Crippen LogP contribution is -2.44. The SMILES string of the molecule is O=C(NC1CCCCC1)[C@H](c1cc2c(cc1[N+](=O)[O-])OCO2)N1CCCC1. The normalized spacial score (nSPS) is 21.2. The lowest BCUT2D eigenvalue weighted by atomic mass is 9.94. The van der Waals surface area contributed by atoms with Crippen molar-refractivity contribution in [2.45, 2.75) is 57.0 Å². The number of benzene rings is 1. The van der Waals surface area contributed by atoms with Gasteiger partial charge in [-0.05, 0) is 44.8 Å². The Bertz CT molecular complexity index is 726. The second-order valence-electron chi connectivity index (χ2n) is 7.51. The van der Waals surface area contributed by atoms with Gasteiger partial charge in [0.15, 0.2) is 11.5 Å². The molecule has 0 radical (unpaired) electrons. The predicted octanol–water partition coefficient (Wildman–Crippen LogP) is 2.91. The van der Waals surface area contributed by atoms with Gasteiger partial charge in [-0.15, -0.1) is 0 Å². The fraction of sp³-hybridized carbons (Fsp3) is 0.632. The van der Waals surface area contributed by atoms with Gasteiger partial charge in [-0.2, -0.15) is 0 Å². The topological polar surface area (TPSA) is 93.9 Å². The Morgan fingerprint density at radius 1 is 1.11 bits per heavy atom. The summed E-state index contributed by atoms with van der Waals surface area (Å²) in [7, 11) is 0. The molecule has 1 N–H and O–H groups in total. The number of carbonyl (C=O) groups excluding carboxylic acids is 1. The maximum absolute atomic E-state index is 13.2. The Morgan fingerprint density at radius 2 is 1.78 bits per heavy atom. The van der Waals surface area contributed by atoms with E-state index in [0.29, 0.717) is 17.1 Å². The Balaban J connectivity index is 1.68. The van der Waals surface area contributed by atoms with Crippen LogP contribution in [0, 0.1) is 10.1 Å². The molecule has 2 aliphatic heterocycles. The molecule has 27 heavy (non-hydrogen) atoms. The molecule has 146 valence electrons. The molecule has 1 saturated carbocycles. The van der Waals surface area contributed by atoms with Gasteiger partial charge in [0.2, 0.25) is 12.7 Å². The third-order valence-corrected chi connectivity index (χ3v) is 5.72. The van der Waals surface area contributed by atoms with E-state index in [-0.39, 0.29) is 24.4 Å². The summed E-state index contributed by atoms with van der Waals surface area (Å²) in [6.07, 6.45) is 7.36. The number of nitro benzene ring substituents is 1. The van der Waals surface area contributed by atoms with Crippen LogP contribution in [-0.2, 0) is 4.79 Å². The standard InChI is InChI=1S/C19H25N3O5/c23-19(20-13-6-2-1-3-7-13)18(21-8-4-5-9-21)14-10-16-17(27-12-26-16)11-15(14)22(24)25/h10-11,13,18H,1-9,12H2,(H,20,23)/t18-/m0/s1. The molecule has 3 aliphatic rings. The summed E-state index contributed by atoms with van der Waals surface area (Å²) in [5.74, 6) is 0.675. The predicted molar refractivity (Wildman–Crippen MR) is 97.8 cm³/mol. The molecular formula is C19H25N3O5. The van der Waals surface area contributed by atoms with Crippen molar-refractivity contribution >= 4 is 11.6 Å². The van der Waals surface area contributed by atoms with Crippen molar-refractivity contribution in [1.29, 1.82) is 0 Å². The van der Waals surface area contributed by atoms with E-state index in [1.54, 1.807) is 6.07 Å². The van der Waals surface area contributed by atoms with Crippen LogP contribution in [0.2, 0.25) is 0 Å². The highest BCUT2D eigenvalue weighted by atomic mass is 16.7. The summed E-state index contributed by atoms with van der Waals surface area (Å²) in [4.78, 5) is 26.5. The van der Waals surface area contributed by atoms with Crippen molar-refractivity contribution in [3.63, 3.8) is 0 Å². The zero-order chi connectivity index (χ0) is 18.8. The fourth-order valence-corrected chi connectivity index (χ4v) is 4.35. The molecule has 1 aromatic carbocycles. The van der Waals surface area contributed by atoms with Crippen molar-refractivity contribution in [3.05, 3.63) is 27.8 Å². The summed E-state index contributed by atoms with van der Waals surface area (Å²) in [5, 5.41) is 14.9. The number of fused-ring (bicyclic) bond motifs is 1. The smallest absolute Gasteiger partial charge is 0.278 e. The van der Waals surface area contributed by atoms with Gasteiger partial charge in [-0.25, -0.2) is 0 Å². The van der Waals surface area contributed by atoms with Crippen molar-refractivity contribution in [2.24, 2.45) is 0 Å². The quantitative estimate of drug-likeness (QED) is 0.628. The summed E-state index contributed by atoms with van der Waals surface area (Å²) in [6.45, 7) is 1.56. The molecule has 0 bridgehead atoms.